The molecule has 9 heterocycles. The van der Waals surface area contributed by atoms with Crippen LogP contribution in [0.2, 0.25) is 0 Å². The van der Waals surface area contributed by atoms with Crippen molar-refractivity contribution in [2.75, 3.05) is 28.6 Å². The number of aryl methyl sites for hydroxylation is 1. The van der Waals surface area contributed by atoms with Crippen molar-refractivity contribution in [1.82, 2.24) is 54.0 Å². The Balaban J connectivity index is 0.000000194. The van der Waals surface area contributed by atoms with Gasteiger partial charge in [-0.25, -0.2) is 44.9 Å². The first-order valence-corrected chi connectivity index (χ1v) is 22.5. The van der Waals surface area contributed by atoms with Crippen LogP contribution in [0.4, 0.5) is 33.1 Å². The highest BCUT2D eigenvalue weighted by atomic mass is 32.2. The molecular weight excluding hydrogens is 864 g/mol. The number of hydrogen-bond acceptors (Lipinski definition) is 15. The van der Waals surface area contributed by atoms with E-state index in [0.29, 0.717) is 56.6 Å². The van der Waals surface area contributed by atoms with E-state index in [2.05, 4.69) is 50.2 Å². The molecule has 66 heavy (non-hydrogen) atoms. The van der Waals surface area contributed by atoms with Gasteiger partial charge in [-0.05, 0) is 99.5 Å². The Labute approximate surface area is 379 Å². The molecule has 0 bridgehead atoms. The topological polar surface area (TPSA) is 221 Å². The van der Waals surface area contributed by atoms with Crippen LogP contribution in [-0.4, -0.2) is 76.0 Å². The van der Waals surface area contributed by atoms with Crippen molar-refractivity contribution in [2.45, 2.75) is 57.9 Å². The van der Waals surface area contributed by atoms with Crippen LogP contribution >= 0.6 is 0 Å². The van der Waals surface area contributed by atoms with Crippen molar-refractivity contribution in [3.63, 3.8) is 0 Å². The Hall–Kier alpha value is -7.39. The third kappa shape index (κ3) is 8.73. The number of halogens is 1. The van der Waals surface area contributed by atoms with Gasteiger partial charge in [0.25, 0.3) is 0 Å². The second-order valence-corrected chi connectivity index (χ2v) is 16.3. The normalized spacial score (nSPS) is 16.7. The molecule has 11 rings (SSSR count). The maximum atomic E-state index is 13.9. The zero-order valence-electron chi connectivity index (χ0n) is 35.5. The first-order chi connectivity index (χ1) is 32.4. The van der Waals surface area contributed by atoms with E-state index in [1.807, 2.05) is 52.5 Å². The van der Waals surface area contributed by atoms with Gasteiger partial charge >= 0.3 is 0 Å². The minimum Gasteiger partial charge on any atom is -0.755 e. The van der Waals surface area contributed by atoms with Crippen molar-refractivity contribution in [3.8, 4) is 22.5 Å². The van der Waals surface area contributed by atoms with Gasteiger partial charge in [-0.3, -0.25) is 13.3 Å². The highest BCUT2D eigenvalue weighted by Gasteiger charge is 2.24. The largest absolute Gasteiger partial charge is 0.755 e. The van der Waals surface area contributed by atoms with E-state index in [1.165, 1.54) is 12.5 Å². The van der Waals surface area contributed by atoms with Crippen LogP contribution in [0.25, 0.3) is 55.6 Å². The lowest BCUT2D eigenvalue weighted by Gasteiger charge is -2.23. The summed E-state index contributed by atoms with van der Waals surface area (Å²) in [6, 6.07) is 20.1. The maximum Gasteiger partial charge on any atom is 0.222 e. The molecule has 0 saturated carbocycles. The SMILES string of the molecule is Cc1ccc2c(Nc3cccc(NS(=O)[O-])c3)nccc2c1Nc1ncccc1-c1ncnc2c1ncn2C1CCCCO1.Fc1ncccc1-c1ncnc2c1ncn2C1CCCCO1. The quantitative estimate of drug-likeness (QED) is 0.0862. The van der Waals surface area contributed by atoms with E-state index >= 15 is 0 Å². The fourth-order valence-corrected chi connectivity index (χ4v) is 8.63. The van der Waals surface area contributed by atoms with Crippen molar-refractivity contribution in [3.05, 3.63) is 122 Å². The maximum absolute atomic E-state index is 13.9. The van der Waals surface area contributed by atoms with Crippen LogP contribution in [0.15, 0.2) is 111 Å². The number of fused-ring (bicyclic) bond motifs is 3. The average Bonchev–Trinajstić information content (AvgIpc) is 3.99. The van der Waals surface area contributed by atoms with Gasteiger partial charge in [-0.15, -0.1) is 0 Å². The van der Waals surface area contributed by atoms with Gasteiger partial charge in [0.2, 0.25) is 5.95 Å². The summed E-state index contributed by atoms with van der Waals surface area (Å²) >= 11 is -2.42. The number of anilines is 5. The zero-order chi connectivity index (χ0) is 45.0. The van der Waals surface area contributed by atoms with E-state index in [0.717, 1.165) is 85.0 Å². The summed E-state index contributed by atoms with van der Waals surface area (Å²) in [5.41, 5.74) is 7.87. The molecule has 9 aromatic rings. The molecule has 20 heteroatoms. The summed E-state index contributed by atoms with van der Waals surface area (Å²) < 4.78 is 54.2. The lowest BCUT2D eigenvalue weighted by molar-refractivity contribution is -0.0299. The van der Waals surface area contributed by atoms with E-state index in [-0.39, 0.29) is 12.5 Å². The van der Waals surface area contributed by atoms with Crippen LogP contribution < -0.4 is 15.4 Å². The Morgan fingerprint density at radius 2 is 1.29 bits per heavy atom. The molecule has 7 aromatic heterocycles. The van der Waals surface area contributed by atoms with Crippen molar-refractivity contribution in [2.24, 2.45) is 0 Å². The zero-order valence-corrected chi connectivity index (χ0v) is 36.4. The molecule has 2 fully saturated rings. The number of imidazole rings is 2. The summed E-state index contributed by atoms with van der Waals surface area (Å²) in [5, 5.41) is 8.70. The number of hydrogen-bond donors (Lipinski definition) is 3. The van der Waals surface area contributed by atoms with Crippen LogP contribution in [0.3, 0.4) is 0 Å². The summed E-state index contributed by atoms with van der Waals surface area (Å²) in [7, 11) is 0. The molecule has 3 N–H and O–H groups in total. The van der Waals surface area contributed by atoms with Crippen molar-refractivity contribution in [1.29, 1.82) is 0 Å². The number of rotatable bonds is 10. The molecule has 334 valence electrons. The minimum absolute atomic E-state index is 0.0692. The van der Waals surface area contributed by atoms with Crippen LogP contribution in [0.1, 0.15) is 56.5 Å². The molecule has 0 aliphatic carbocycles. The standard InChI is InChI=1S/C31H29N9O3S.C15H14FN5O/c1-19-10-11-23-22(12-14-33-29(23)37-20-6-4-7-21(16-20)39-44(41)42)26(19)38-30-24(8-5-13-32-30)27-28-31(35-17-34-27)40(18-36-28)25-9-2-3-15-43-25;16-14-10(4-3-6-17-14)12-13-15(19-8-18-12)21(9-20-13)11-5-1-2-7-22-11/h4-8,10-14,16-18,25,39H,2-3,9,15H2,1H3,(H,32,38)(H,33,37)(H,41,42);3-4,6,8-9,11H,1-2,5,7H2/p-1. The highest BCUT2D eigenvalue weighted by Crippen LogP contribution is 2.38. The van der Waals surface area contributed by atoms with Gasteiger partial charge in [-0.2, -0.15) is 4.39 Å². The number of nitrogens with zero attached hydrogens (tertiary/aromatic N) is 11. The van der Waals surface area contributed by atoms with Crippen LogP contribution in [0.5, 0.6) is 0 Å². The Kier molecular flexibility index (Phi) is 12.2. The van der Waals surface area contributed by atoms with Gasteiger partial charge in [-0.1, -0.05) is 18.2 Å². The molecule has 3 atom stereocenters. The minimum atomic E-state index is -2.42. The van der Waals surface area contributed by atoms with Gasteiger partial charge in [0.15, 0.2) is 11.3 Å². The third-order valence-corrected chi connectivity index (χ3v) is 11.9. The molecule has 0 spiro atoms. The number of ether oxygens (including phenoxy) is 2. The molecule has 0 radical (unpaired) electrons. The summed E-state index contributed by atoms with van der Waals surface area (Å²) in [4.78, 5) is 39.7. The molecule has 2 aliphatic rings. The van der Waals surface area contributed by atoms with E-state index in [4.69, 9.17) is 19.4 Å². The average molecular weight is 906 g/mol. The van der Waals surface area contributed by atoms with Crippen LogP contribution in [0, 0.1) is 12.9 Å². The Bertz CT molecular complexity index is 3210. The second kappa shape index (κ2) is 19.0. The lowest BCUT2D eigenvalue weighted by atomic mass is 10.0. The molecule has 18 nitrogen and oxygen atoms in total. The van der Waals surface area contributed by atoms with Crippen LogP contribution in [-0.2, 0) is 20.7 Å². The molecule has 3 unspecified atom stereocenters. The van der Waals surface area contributed by atoms with Gasteiger partial charge in [0.05, 0.1) is 23.9 Å². The molecule has 0 amide bonds. The summed E-state index contributed by atoms with van der Waals surface area (Å²) in [6.07, 6.45) is 17.4. The van der Waals surface area contributed by atoms with Gasteiger partial charge < -0.3 is 29.4 Å². The molecular formula is C46H42FN14O4S-. The predicted molar refractivity (Wildman–Crippen MR) is 247 cm³/mol. The monoisotopic (exact) mass is 905 g/mol. The summed E-state index contributed by atoms with van der Waals surface area (Å²) in [5.74, 6) is 0.688. The predicted octanol–water partition coefficient (Wildman–Crippen LogP) is 8.86. The fraction of sp³-hybridized carbons (Fsp3) is 0.239. The number of pyridine rings is 3. The van der Waals surface area contributed by atoms with Gasteiger partial charge in [0.1, 0.15) is 59.2 Å². The van der Waals surface area contributed by atoms with Gasteiger partial charge in [0, 0.05) is 70.8 Å². The highest BCUT2D eigenvalue weighted by molar-refractivity contribution is 7.80. The molecule has 2 aromatic carbocycles. The van der Waals surface area contributed by atoms with Crippen molar-refractivity contribution >= 4 is 73.1 Å². The summed E-state index contributed by atoms with van der Waals surface area (Å²) in [6.45, 7) is 3.49. The number of nitrogens with one attached hydrogen (secondary N) is 3. The van der Waals surface area contributed by atoms with Crippen molar-refractivity contribution < 1.29 is 22.6 Å². The smallest absolute Gasteiger partial charge is 0.222 e. The third-order valence-electron chi connectivity index (χ3n) is 11.5. The molecule has 2 aliphatic heterocycles. The molecule has 2 saturated heterocycles. The van der Waals surface area contributed by atoms with E-state index < -0.39 is 17.2 Å². The second-order valence-electron chi connectivity index (χ2n) is 15.7. The first-order valence-electron chi connectivity index (χ1n) is 21.4. The lowest BCUT2D eigenvalue weighted by Crippen LogP contribution is -2.17. The van der Waals surface area contributed by atoms with E-state index in [1.54, 1.807) is 61.7 Å². The fourth-order valence-electron chi connectivity index (χ4n) is 8.31. The first kappa shape index (κ1) is 42.6. The Morgan fingerprint density at radius 3 is 1.94 bits per heavy atom. The number of aromatic nitrogens is 11. The number of benzene rings is 2. The Morgan fingerprint density at radius 1 is 0.652 bits per heavy atom. The van der Waals surface area contributed by atoms with E-state index in [9.17, 15) is 13.2 Å².